The van der Waals surface area contributed by atoms with E-state index in [0.717, 1.165) is 45.6 Å². The molecule has 2 aliphatic rings. The predicted molar refractivity (Wildman–Crippen MR) is 82.6 cm³/mol. The number of hydrogen-bond donors (Lipinski definition) is 1. The van der Waals surface area contributed by atoms with E-state index in [0.29, 0.717) is 18.4 Å². The van der Waals surface area contributed by atoms with Crippen molar-refractivity contribution in [3.8, 4) is 6.07 Å². The molecule has 0 radical (unpaired) electrons. The Morgan fingerprint density at radius 3 is 2.33 bits per heavy atom. The Labute approximate surface area is 128 Å². The second-order valence-electron chi connectivity index (χ2n) is 7.11. The molecule has 0 aromatic carbocycles. The molecule has 1 saturated heterocycles. The standard InChI is InChI=1S/C16H28N4O/c1-13(2)10-19-6-8-20(9-7-19)11-15(21)18-16(3,12-17)14-4-5-14/h13-14H,4-11H2,1-3H3,(H,18,21). The molecule has 5 nitrogen and oxygen atoms in total. The number of carbonyl (C=O) groups is 1. The Hall–Kier alpha value is -1.12. The van der Waals surface area contributed by atoms with Gasteiger partial charge in [-0.2, -0.15) is 5.26 Å². The van der Waals surface area contributed by atoms with Crippen LogP contribution in [-0.2, 0) is 4.79 Å². The summed E-state index contributed by atoms with van der Waals surface area (Å²) in [5, 5.41) is 12.2. The predicted octanol–water partition coefficient (Wildman–Crippen LogP) is 1.07. The molecular formula is C16H28N4O. The van der Waals surface area contributed by atoms with Crippen LogP contribution < -0.4 is 5.32 Å². The van der Waals surface area contributed by atoms with E-state index in [1.165, 1.54) is 0 Å². The average molecular weight is 292 g/mol. The van der Waals surface area contributed by atoms with Crippen molar-refractivity contribution in [2.45, 2.75) is 39.2 Å². The number of carbonyl (C=O) groups excluding carboxylic acids is 1. The van der Waals surface area contributed by atoms with Crippen LogP contribution in [0.15, 0.2) is 0 Å². The van der Waals surface area contributed by atoms with Crippen molar-refractivity contribution in [2.24, 2.45) is 11.8 Å². The molecule has 1 aliphatic carbocycles. The molecule has 1 amide bonds. The van der Waals surface area contributed by atoms with Gasteiger partial charge in [0.15, 0.2) is 0 Å². The summed E-state index contributed by atoms with van der Waals surface area (Å²) in [7, 11) is 0. The van der Waals surface area contributed by atoms with Crippen molar-refractivity contribution in [1.82, 2.24) is 15.1 Å². The summed E-state index contributed by atoms with van der Waals surface area (Å²) in [6.07, 6.45) is 2.11. The maximum absolute atomic E-state index is 12.2. The molecule has 0 spiro atoms. The summed E-state index contributed by atoms with van der Waals surface area (Å²) in [5.74, 6) is 1.02. The summed E-state index contributed by atoms with van der Waals surface area (Å²) < 4.78 is 0. The fraction of sp³-hybridized carbons (Fsp3) is 0.875. The van der Waals surface area contributed by atoms with Gasteiger partial charge >= 0.3 is 0 Å². The summed E-state index contributed by atoms with van der Waals surface area (Å²) in [4.78, 5) is 16.8. The van der Waals surface area contributed by atoms with Crippen molar-refractivity contribution in [2.75, 3.05) is 39.3 Å². The van der Waals surface area contributed by atoms with Gasteiger partial charge in [0.1, 0.15) is 5.54 Å². The first-order valence-electron chi connectivity index (χ1n) is 8.10. The SMILES string of the molecule is CC(C)CN1CCN(CC(=O)NC(C)(C#N)C2CC2)CC1. The lowest BCUT2D eigenvalue weighted by Gasteiger charge is -2.35. The van der Waals surface area contributed by atoms with E-state index >= 15 is 0 Å². The monoisotopic (exact) mass is 292 g/mol. The van der Waals surface area contributed by atoms with E-state index < -0.39 is 5.54 Å². The minimum absolute atomic E-state index is 0.0109. The van der Waals surface area contributed by atoms with E-state index in [9.17, 15) is 10.1 Å². The maximum Gasteiger partial charge on any atom is 0.235 e. The third kappa shape index (κ3) is 4.69. The summed E-state index contributed by atoms with van der Waals surface area (Å²) in [6, 6.07) is 2.28. The lowest BCUT2D eigenvalue weighted by Crippen LogP contribution is -2.53. The summed E-state index contributed by atoms with van der Waals surface area (Å²) in [6.45, 7) is 11.8. The quantitative estimate of drug-likeness (QED) is 0.795. The van der Waals surface area contributed by atoms with Crippen LogP contribution in [-0.4, -0.2) is 60.5 Å². The third-order valence-corrected chi connectivity index (χ3v) is 4.48. The van der Waals surface area contributed by atoms with Crippen molar-refractivity contribution < 1.29 is 4.79 Å². The number of nitriles is 1. The zero-order valence-electron chi connectivity index (χ0n) is 13.6. The molecule has 1 heterocycles. The maximum atomic E-state index is 12.2. The number of rotatable bonds is 6. The molecule has 118 valence electrons. The smallest absolute Gasteiger partial charge is 0.235 e. The molecular weight excluding hydrogens is 264 g/mol. The van der Waals surface area contributed by atoms with Gasteiger partial charge in [-0.05, 0) is 31.6 Å². The van der Waals surface area contributed by atoms with Gasteiger partial charge in [-0.25, -0.2) is 0 Å². The van der Waals surface area contributed by atoms with Crippen LogP contribution >= 0.6 is 0 Å². The Morgan fingerprint density at radius 2 is 1.86 bits per heavy atom. The van der Waals surface area contributed by atoms with Crippen LogP contribution in [0.1, 0.15) is 33.6 Å². The van der Waals surface area contributed by atoms with Gasteiger partial charge in [0.25, 0.3) is 0 Å². The molecule has 1 atom stereocenters. The van der Waals surface area contributed by atoms with Crippen LogP contribution in [0.5, 0.6) is 0 Å². The summed E-state index contributed by atoms with van der Waals surface area (Å²) in [5.41, 5.74) is -0.670. The second-order valence-corrected chi connectivity index (χ2v) is 7.11. The first kappa shape index (κ1) is 16.3. The number of nitrogens with zero attached hydrogens (tertiary/aromatic N) is 3. The number of piperazine rings is 1. The topological polar surface area (TPSA) is 59.4 Å². The molecule has 21 heavy (non-hydrogen) atoms. The molecule has 1 N–H and O–H groups in total. The number of amides is 1. The van der Waals surface area contributed by atoms with E-state index in [2.05, 4.69) is 35.0 Å². The number of nitrogens with one attached hydrogen (secondary N) is 1. The van der Waals surface area contributed by atoms with Gasteiger partial charge in [-0.1, -0.05) is 13.8 Å². The zero-order chi connectivity index (χ0) is 15.5. The van der Waals surface area contributed by atoms with Crippen molar-refractivity contribution in [1.29, 1.82) is 5.26 Å². The molecule has 5 heteroatoms. The first-order valence-corrected chi connectivity index (χ1v) is 8.10. The largest absolute Gasteiger partial charge is 0.337 e. The average Bonchev–Trinajstić information content (AvgIpc) is 3.25. The second kappa shape index (κ2) is 6.76. The fourth-order valence-electron chi connectivity index (χ4n) is 3.06. The highest BCUT2D eigenvalue weighted by atomic mass is 16.2. The lowest BCUT2D eigenvalue weighted by molar-refractivity contribution is -0.124. The fourth-order valence-corrected chi connectivity index (χ4v) is 3.06. The molecule has 1 unspecified atom stereocenters. The van der Waals surface area contributed by atoms with Crippen molar-refractivity contribution in [3.63, 3.8) is 0 Å². The van der Waals surface area contributed by atoms with Gasteiger partial charge in [-0.15, -0.1) is 0 Å². The molecule has 0 bridgehead atoms. The van der Waals surface area contributed by atoms with Gasteiger partial charge in [0.05, 0.1) is 12.6 Å². The van der Waals surface area contributed by atoms with Gasteiger partial charge in [0, 0.05) is 32.7 Å². The molecule has 2 rings (SSSR count). The minimum Gasteiger partial charge on any atom is -0.337 e. The Bertz CT molecular complexity index is 405. The molecule has 2 fully saturated rings. The third-order valence-electron chi connectivity index (χ3n) is 4.48. The lowest BCUT2D eigenvalue weighted by atomic mass is 9.98. The van der Waals surface area contributed by atoms with Crippen molar-refractivity contribution >= 4 is 5.91 Å². The van der Waals surface area contributed by atoms with Crippen LogP contribution in [0.3, 0.4) is 0 Å². The Balaban J connectivity index is 1.73. The van der Waals surface area contributed by atoms with Crippen LogP contribution in [0, 0.1) is 23.2 Å². The first-order chi connectivity index (χ1) is 9.93. The molecule has 0 aromatic rings. The molecule has 1 aliphatic heterocycles. The van der Waals surface area contributed by atoms with Crippen LogP contribution in [0.4, 0.5) is 0 Å². The number of hydrogen-bond acceptors (Lipinski definition) is 4. The molecule has 1 saturated carbocycles. The van der Waals surface area contributed by atoms with Crippen molar-refractivity contribution in [3.05, 3.63) is 0 Å². The summed E-state index contributed by atoms with van der Waals surface area (Å²) >= 11 is 0. The molecule has 0 aromatic heterocycles. The normalized spacial score (nSPS) is 23.6. The van der Waals surface area contributed by atoms with Crippen LogP contribution in [0.25, 0.3) is 0 Å². The van der Waals surface area contributed by atoms with Crippen LogP contribution in [0.2, 0.25) is 0 Å². The van der Waals surface area contributed by atoms with E-state index in [4.69, 9.17) is 0 Å². The highest BCUT2D eigenvalue weighted by Crippen LogP contribution is 2.39. The van der Waals surface area contributed by atoms with Gasteiger partial charge < -0.3 is 10.2 Å². The van der Waals surface area contributed by atoms with Gasteiger partial charge in [-0.3, -0.25) is 9.69 Å². The van der Waals surface area contributed by atoms with E-state index in [1.54, 1.807) is 0 Å². The minimum atomic E-state index is -0.670. The Morgan fingerprint density at radius 1 is 1.29 bits per heavy atom. The highest BCUT2D eigenvalue weighted by Gasteiger charge is 2.43. The van der Waals surface area contributed by atoms with Gasteiger partial charge in [0.2, 0.25) is 5.91 Å². The zero-order valence-corrected chi connectivity index (χ0v) is 13.6. The Kier molecular flexibility index (Phi) is 5.23. The highest BCUT2D eigenvalue weighted by molar-refractivity contribution is 5.79. The van der Waals surface area contributed by atoms with E-state index in [-0.39, 0.29) is 5.91 Å². The van der Waals surface area contributed by atoms with E-state index in [1.807, 2.05) is 6.92 Å².